The summed E-state index contributed by atoms with van der Waals surface area (Å²) >= 11 is 0. The molecule has 22 heavy (non-hydrogen) atoms. The minimum atomic E-state index is 0.206. The third kappa shape index (κ3) is 6.16. The molecule has 0 saturated heterocycles. The van der Waals surface area contributed by atoms with Crippen LogP contribution in [0.25, 0.3) is 0 Å². The highest BCUT2D eigenvalue weighted by molar-refractivity contribution is 5.93. The number of amides is 1. The zero-order valence-corrected chi connectivity index (χ0v) is 14.8. The van der Waals surface area contributed by atoms with Crippen molar-refractivity contribution in [3.8, 4) is 0 Å². The van der Waals surface area contributed by atoms with E-state index in [2.05, 4.69) is 42.7 Å². The van der Waals surface area contributed by atoms with Crippen LogP contribution in [0.5, 0.6) is 0 Å². The van der Waals surface area contributed by atoms with Crippen LogP contribution >= 0.6 is 0 Å². The topological polar surface area (TPSA) is 26.8 Å². The van der Waals surface area contributed by atoms with E-state index >= 15 is 0 Å². The molecule has 0 unspecified atom stereocenters. The molecule has 1 amide bonds. The highest BCUT2D eigenvalue weighted by Gasteiger charge is 2.16. The van der Waals surface area contributed by atoms with Gasteiger partial charge in [0, 0.05) is 31.7 Å². The standard InChI is InChI=1S/C18H31N3O/c1-6-20(7-2)13-12-18(22)21(15-14-19(4)5)17-10-8-16(3)9-11-17/h8-11H,6-7,12-15H2,1-5H3. The lowest BCUT2D eigenvalue weighted by Crippen LogP contribution is -2.38. The molecular weight excluding hydrogens is 274 g/mol. The molecule has 1 aromatic carbocycles. The zero-order chi connectivity index (χ0) is 16.5. The maximum Gasteiger partial charge on any atom is 0.228 e. The molecule has 0 bridgehead atoms. The van der Waals surface area contributed by atoms with Crippen LogP contribution in [0.15, 0.2) is 24.3 Å². The van der Waals surface area contributed by atoms with Gasteiger partial charge in [0.1, 0.15) is 0 Å². The molecule has 0 aliphatic rings. The van der Waals surface area contributed by atoms with Crippen molar-refractivity contribution in [2.45, 2.75) is 27.2 Å². The van der Waals surface area contributed by atoms with E-state index in [1.165, 1.54) is 5.56 Å². The van der Waals surface area contributed by atoms with Crippen molar-refractivity contribution in [1.29, 1.82) is 0 Å². The van der Waals surface area contributed by atoms with Crippen LogP contribution in [0.1, 0.15) is 25.8 Å². The summed E-state index contributed by atoms with van der Waals surface area (Å²) in [6, 6.07) is 8.21. The molecule has 0 heterocycles. The number of nitrogens with zero attached hydrogens (tertiary/aromatic N) is 3. The Bertz CT molecular complexity index is 438. The van der Waals surface area contributed by atoms with Crippen LogP contribution in [0, 0.1) is 6.92 Å². The van der Waals surface area contributed by atoms with Gasteiger partial charge >= 0.3 is 0 Å². The monoisotopic (exact) mass is 305 g/mol. The Morgan fingerprint density at radius 3 is 2.05 bits per heavy atom. The van der Waals surface area contributed by atoms with Gasteiger partial charge in [0.25, 0.3) is 0 Å². The fourth-order valence-electron chi connectivity index (χ4n) is 2.35. The van der Waals surface area contributed by atoms with Gasteiger partial charge in [0.05, 0.1) is 0 Å². The molecule has 1 aromatic rings. The first-order valence-electron chi connectivity index (χ1n) is 8.22. The number of benzene rings is 1. The Morgan fingerprint density at radius 2 is 1.55 bits per heavy atom. The fourth-order valence-corrected chi connectivity index (χ4v) is 2.35. The largest absolute Gasteiger partial charge is 0.311 e. The van der Waals surface area contributed by atoms with E-state index in [0.29, 0.717) is 6.42 Å². The normalized spacial score (nSPS) is 11.2. The van der Waals surface area contributed by atoms with Crippen molar-refractivity contribution >= 4 is 11.6 Å². The van der Waals surface area contributed by atoms with E-state index in [0.717, 1.165) is 38.4 Å². The van der Waals surface area contributed by atoms with Crippen molar-refractivity contribution in [3.05, 3.63) is 29.8 Å². The Labute approximate surface area is 135 Å². The van der Waals surface area contributed by atoms with Crippen LogP contribution in [-0.2, 0) is 4.79 Å². The first kappa shape index (κ1) is 18.7. The van der Waals surface area contributed by atoms with Crippen LogP contribution in [0.4, 0.5) is 5.69 Å². The van der Waals surface area contributed by atoms with Crippen molar-refractivity contribution in [2.24, 2.45) is 0 Å². The first-order valence-corrected chi connectivity index (χ1v) is 8.22. The second-order valence-electron chi connectivity index (χ2n) is 5.96. The Balaban J connectivity index is 2.76. The van der Waals surface area contributed by atoms with Gasteiger partial charge in [0.2, 0.25) is 5.91 Å². The number of carbonyl (C=O) groups is 1. The lowest BCUT2D eigenvalue weighted by Gasteiger charge is -2.26. The molecule has 0 aromatic heterocycles. The summed E-state index contributed by atoms with van der Waals surface area (Å²) in [4.78, 5) is 19.0. The van der Waals surface area contributed by atoms with Gasteiger partial charge in [-0.1, -0.05) is 31.5 Å². The predicted molar refractivity (Wildman–Crippen MR) is 94.5 cm³/mol. The third-order valence-corrected chi connectivity index (χ3v) is 3.95. The Morgan fingerprint density at radius 1 is 0.955 bits per heavy atom. The smallest absolute Gasteiger partial charge is 0.228 e. The Hall–Kier alpha value is -1.39. The molecule has 0 spiro atoms. The van der Waals surface area contributed by atoms with E-state index < -0.39 is 0 Å². The average Bonchev–Trinajstić information content (AvgIpc) is 2.50. The molecular formula is C18H31N3O. The number of rotatable bonds is 9. The number of likely N-dealkylation sites (N-methyl/N-ethyl adjacent to an activating group) is 1. The minimum Gasteiger partial charge on any atom is -0.311 e. The second-order valence-corrected chi connectivity index (χ2v) is 5.96. The summed E-state index contributed by atoms with van der Waals surface area (Å²) in [5, 5.41) is 0. The highest BCUT2D eigenvalue weighted by atomic mass is 16.2. The molecule has 1 rings (SSSR count). The van der Waals surface area contributed by atoms with Crippen molar-refractivity contribution < 1.29 is 4.79 Å². The van der Waals surface area contributed by atoms with Gasteiger partial charge in [-0.25, -0.2) is 0 Å². The van der Waals surface area contributed by atoms with Crippen LogP contribution in [-0.4, -0.2) is 62.5 Å². The van der Waals surface area contributed by atoms with Crippen molar-refractivity contribution in [2.75, 3.05) is 51.7 Å². The molecule has 0 atom stereocenters. The molecule has 124 valence electrons. The SMILES string of the molecule is CCN(CC)CCC(=O)N(CCN(C)C)c1ccc(C)cc1. The maximum absolute atomic E-state index is 12.7. The second kappa shape index (κ2) is 9.59. The zero-order valence-electron chi connectivity index (χ0n) is 14.8. The number of hydrogen-bond acceptors (Lipinski definition) is 3. The summed E-state index contributed by atoms with van der Waals surface area (Å²) in [6.45, 7) is 10.7. The van der Waals surface area contributed by atoms with E-state index in [4.69, 9.17) is 0 Å². The van der Waals surface area contributed by atoms with E-state index in [-0.39, 0.29) is 5.91 Å². The van der Waals surface area contributed by atoms with Crippen molar-refractivity contribution in [1.82, 2.24) is 9.80 Å². The summed E-state index contributed by atoms with van der Waals surface area (Å²) in [6.07, 6.45) is 0.572. The summed E-state index contributed by atoms with van der Waals surface area (Å²) < 4.78 is 0. The van der Waals surface area contributed by atoms with Crippen LogP contribution in [0.3, 0.4) is 0 Å². The highest BCUT2D eigenvalue weighted by Crippen LogP contribution is 2.16. The molecule has 0 aliphatic carbocycles. The molecule has 0 fully saturated rings. The third-order valence-electron chi connectivity index (χ3n) is 3.95. The Kier molecular flexibility index (Phi) is 8.13. The summed E-state index contributed by atoms with van der Waals surface area (Å²) in [7, 11) is 4.07. The van der Waals surface area contributed by atoms with Gasteiger partial charge < -0.3 is 14.7 Å². The van der Waals surface area contributed by atoms with Gasteiger partial charge in [-0.05, 0) is 46.2 Å². The van der Waals surface area contributed by atoms with Gasteiger partial charge in [-0.2, -0.15) is 0 Å². The lowest BCUT2D eigenvalue weighted by molar-refractivity contribution is -0.119. The maximum atomic E-state index is 12.7. The van der Waals surface area contributed by atoms with Crippen molar-refractivity contribution in [3.63, 3.8) is 0 Å². The van der Waals surface area contributed by atoms with Gasteiger partial charge in [0.15, 0.2) is 0 Å². The number of carbonyl (C=O) groups excluding carboxylic acids is 1. The molecule has 0 saturated carbocycles. The van der Waals surface area contributed by atoms with E-state index in [1.54, 1.807) is 0 Å². The summed E-state index contributed by atoms with van der Waals surface area (Å²) in [5.74, 6) is 0.206. The van der Waals surface area contributed by atoms with E-state index in [9.17, 15) is 4.79 Å². The fraction of sp³-hybridized carbons (Fsp3) is 0.611. The minimum absolute atomic E-state index is 0.206. The molecule has 0 radical (unpaired) electrons. The van der Waals surface area contributed by atoms with Crippen LogP contribution < -0.4 is 4.90 Å². The first-order chi connectivity index (χ1) is 10.5. The predicted octanol–water partition coefficient (Wildman–Crippen LogP) is 2.62. The molecule has 4 heteroatoms. The molecule has 4 nitrogen and oxygen atoms in total. The van der Waals surface area contributed by atoms with Gasteiger partial charge in [-0.3, -0.25) is 4.79 Å². The quantitative estimate of drug-likeness (QED) is 0.702. The average molecular weight is 305 g/mol. The van der Waals surface area contributed by atoms with Crippen LogP contribution in [0.2, 0.25) is 0 Å². The lowest BCUT2D eigenvalue weighted by atomic mass is 10.2. The van der Waals surface area contributed by atoms with E-state index in [1.807, 2.05) is 31.1 Å². The number of hydrogen-bond donors (Lipinski definition) is 0. The molecule has 0 N–H and O–H groups in total. The number of aryl methyl sites for hydroxylation is 1. The molecule has 0 aliphatic heterocycles. The summed E-state index contributed by atoms with van der Waals surface area (Å²) in [5.41, 5.74) is 2.21. The number of anilines is 1. The van der Waals surface area contributed by atoms with Gasteiger partial charge in [-0.15, -0.1) is 0 Å².